The molecule has 31 heavy (non-hydrogen) atoms. The SMILES string of the molecule is CC(C)CNC(=O)[C@]12N=C[C@@H]3C[C@H]1CN(Cc1ccccc1)[C@H]2[C@@H]3Cc1ccccc1. The maximum absolute atomic E-state index is 13.7. The Morgan fingerprint density at radius 3 is 2.45 bits per heavy atom. The second-order valence-electron chi connectivity index (χ2n) is 10.0. The highest BCUT2D eigenvalue weighted by atomic mass is 16.2. The molecule has 1 saturated heterocycles. The van der Waals surface area contributed by atoms with E-state index in [4.69, 9.17) is 4.99 Å². The monoisotopic (exact) mass is 415 g/mol. The number of hydrogen-bond acceptors (Lipinski definition) is 3. The van der Waals surface area contributed by atoms with E-state index in [-0.39, 0.29) is 11.9 Å². The number of amides is 1. The molecule has 0 unspecified atom stereocenters. The van der Waals surface area contributed by atoms with Gasteiger partial charge >= 0.3 is 0 Å². The van der Waals surface area contributed by atoms with E-state index < -0.39 is 5.54 Å². The van der Waals surface area contributed by atoms with Gasteiger partial charge in [-0.2, -0.15) is 0 Å². The Balaban J connectivity index is 1.50. The highest BCUT2D eigenvalue weighted by molar-refractivity contribution is 5.92. The molecule has 4 nitrogen and oxygen atoms in total. The van der Waals surface area contributed by atoms with Crippen molar-refractivity contribution in [2.75, 3.05) is 13.1 Å². The van der Waals surface area contributed by atoms with Gasteiger partial charge in [0.05, 0.1) is 0 Å². The van der Waals surface area contributed by atoms with Crippen LogP contribution in [0.15, 0.2) is 65.7 Å². The van der Waals surface area contributed by atoms with Crippen LogP contribution in [0.4, 0.5) is 0 Å². The summed E-state index contributed by atoms with van der Waals surface area (Å²) in [5, 5.41) is 3.26. The van der Waals surface area contributed by atoms with E-state index in [1.807, 2.05) is 0 Å². The zero-order valence-corrected chi connectivity index (χ0v) is 18.6. The van der Waals surface area contributed by atoms with E-state index in [0.29, 0.717) is 30.2 Å². The average molecular weight is 416 g/mol. The lowest BCUT2D eigenvalue weighted by molar-refractivity contribution is -0.132. The smallest absolute Gasteiger partial charge is 0.249 e. The van der Waals surface area contributed by atoms with E-state index >= 15 is 0 Å². The summed E-state index contributed by atoms with van der Waals surface area (Å²) in [5.74, 6) is 1.74. The molecule has 1 N–H and O–H groups in total. The number of benzene rings is 2. The summed E-state index contributed by atoms with van der Waals surface area (Å²) in [6, 6.07) is 21.6. The van der Waals surface area contributed by atoms with Gasteiger partial charge in [-0.05, 0) is 41.7 Å². The summed E-state index contributed by atoms with van der Waals surface area (Å²) in [4.78, 5) is 21.3. The summed E-state index contributed by atoms with van der Waals surface area (Å²) in [6.07, 6.45) is 4.19. The second kappa shape index (κ2) is 8.23. The van der Waals surface area contributed by atoms with Crippen LogP contribution in [0.2, 0.25) is 0 Å². The molecule has 5 atom stereocenters. The molecule has 4 heteroatoms. The fourth-order valence-corrected chi connectivity index (χ4v) is 6.16. The Kier molecular flexibility index (Phi) is 5.43. The predicted molar refractivity (Wildman–Crippen MR) is 125 cm³/mol. The predicted octanol–water partition coefficient (Wildman–Crippen LogP) is 3.96. The van der Waals surface area contributed by atoms with E-state index in [1.165, 1.54) is 11.1 Å². The van der Waals surface area contributed by atoms with Gasteiger partial charge in [-0.15, -0.1) is 0 Å². The van der Waals surface area contributed by atoms with Crippen molar-refractivity contribution in [3.8, 4) is 0 Å². The van der Waals surface area contributed by atoms with Gasteiger partial charge in [0.25, 0.3) is 0 Å². The zero-order valence-electron chi connectivity index (χ0n) is 18.6. The van der Waals surface area contributed by atoms with Crippen molar-refractivity contribution in [1.29, 1.82) is 0 Å². The van der Waals surface area contributed by atoms with Crippen molar-refractivity contribution in [3.05, 3.63) is 71.8 Å². The first-order valence-electron chi connectivity index (χ1n) is 11.7. The fourth-order valence-electron chi connectivity index (χ4n) is 6.16. The minimum Gasteiger partial charge on any atom is -0.354 e. The second-order valence-corrected chi connectivity index (χ2v) is 10.0. The zero-order chi connectivity index (χ0) is 21.4. The van der Waals surface area contributed by atoms with Crippen LogP contribution in [0.25, 0.3) is 0 Å². The molecular formula is C27H33N3O. The van der Waals surface area contributed by atoms with Gasteiger partial charge in [0.2, 0.25) is 5.91 Å². The quantitative estimate of drug-likeness (QED) is 0.744. The van der Waals surface area contributed by atoms with Crippen molar-refractivity contribution in [2.24, 2.45) is 28.7 Å². The molecule has 1 amide bonds. The number of carbonyl (C=O) groups is 1. The maximum atomic E-state index is 13.7. The van der Waals surface area contributed by atoms with Crippen molar-refractivity contribution >= 4 is 12.1 Å². The van der Waals surface area contributed by atoms with Gasteiger partial charge in [0.15, 0.2) is 5.54 Å². The molecule has 0 spiro atoms. The van der Waals surface area contributed by atoms with Crippen LogP contribution in [0.1, 0.15) is 31.4 Å². The van der Waals surface area contributed by atoms with Crippen LogP contribution >= 0.6 is 0 Å². The molecule has 2 aromatic carbocycles. The summed E-state index contributed by atoms with van der Waals surface area (Å²) in [7, 11) is 0. The van der Waals surface area contributed by atoms with Crippen molar-refractivity contribution in [1.82, 2.24) is 10.2 Å². The van der Waals surface area contributed by atoms with Crippen molar-refractivity contribution < 1.29 is 4.79 Å². The number of likely N-dealkylation sites (tertiary alicyclic amines) is 1. The highest BCUT2D eigenvalue weighted by Crippen LogP contribution is 2.54. The van der Waals surface area contributed by atoms with E-state index in [0.717, 1.165) is 25.9 Å². The summed E-state index contributed by atoms with van der Waals surface area (Å²) >= 11 is 0. The Morgan fingerprint density at radius 2 is 1.77 bits per heavy atom. The van der Waals surface area contributed by atoms with Crippen LogP contribution < -0.4 is 5.32 Å². The summed E-state index contributed by atoms with van der Waals surface area (Å²) in [5.41, 5.74) is 2.03. The molecule has 1 aliphatic carbocycles. The number of carbonyl (C=O) groups excluding carboxylic acids is 1. The Labute approximate surface area is 185 Å². The van der Waals surface area contributed by atoms with Crippen LogP contribution in [-0.2, 0) is 17.8 Å². The van der Waals surface area contributed by atoms with E-state index in [1.54, 1.807) is 0 Å². The molecule has 162 valence electrons. The van der Waals surface area contributed by atoms with Gasteiger partial charge < -0.3 is 5.32 Å². The molecule has 0 radical (unpaired) electrons. The van der Waals surface area contributed by atoms with Crippen molar-refractivity contribution in [3.63, 3.8) is 0 Å². The summed E-state index contributed by atoms with van der Waals surface area (Å²) < 4.78 is 0. The number of rotatable bonds is 7. The number of nitrogens with zero attached hydrogens (tertiary/aromatic N) is 2. The number of hydrogen-bond donors (Lipinski definition) is 1. The Hall–Kier alpha value is -2.46. The first-order chi connectivity index (χ1) is 15.1. The van der Waals surface area contributed by atoms with E-state index in [2.05, 4.69) is 90.9 Å². The topological polar surface area (TPSA) is 44.7 Å². The first-order valence-corrected chi connectivity index (χ1v) is 11.7. The molecule has 0 aromatic heterocycles. The standard InChI is InChI=1S/C27H33N3O/c1-19(2)15-28-26(31)27-23-14-22(16-29-27)24(13-20-9-5-3-6-10-20)25(27)30(18-23)17-21-11-7-4-8-12-21/h3-12,16,19,22-25H,13-15,17-18H2,1-2H3,(H,28,31)/t22-,23-,24+,25-,27-/m0/s1. The molecule has 3 aliphatic heterocycles. The Morgan fingerprint density at radius 1 is 1.10 bits per heavy atom. The Bertz CT molecular complexity index is 941. The van der Waals surface area contributed by atoms with Gasteiger partial charge in [-0.3, -0.25) is 14.7 Å². The van der Waals surface area contributed by atoms with Crippen LogP contribution in [-0.4, -0.2) is 41.7 Å². The average Bonchev–Trinajstić information content (AvgIpc) is 3.04. The number of aliphatic imine (C=N–C) groups is 1. The third kappa shape index (κ3) is 3.61. The minimum atomic E-state index is -0.641. The fraction of sp³-hybridized carbons (Fsp3) is 0.481. The lowest BCUT2D eigenvalue weighted by Crippen LogP contribution is -2.66. The van der Waals surface area contributed by atoms with E-state index in [9.17, 15) is 4.79 Å². The molecule has 4 aliphatic rings. The third-order valence-electron chi connectivity index (χ3n) is 7.49. The maximum Gasteiger partial charge on any atom is 0.249 e. The number of nitrogens with one attached hydrogen (secondary N) is 1. The van der Waals surface area contributed by atoms with Gasteiger partial charge in [0, 0.05) is 37.8 Å². The normalized spacial score (nSPS) is 31.3. The lowest BCUT2D eigenvalue weighted by atomic mass is 9.59. The lowest BCUT2D eigenvalue weighted by Gasteiger charge is -2.51. The first kappa shape index (κ1) is 20.4. The highest BCUT2D eigenvalue weighted by Gasteiger charge is 2.67. The minimum absolute atomic E-state index is 0.138. The molecule has 1 saturated carbocycles. The molecule has 2 aromatic rings. The van der Waals surface area contributed by atoms with Crippen LogP contribution in [0.5, 0.6) is 0 Å². The molecule has 2 fully saturated rings. The third-order valence-corrected chi connectivity index (χ3v) is 7.49. The van der Waals surface area contributed by atoms with Gasteiger partial charge in [-0.1, -0.05) is 74.5 Å². The molecule has 6 rings (SSSR count). The molecule has 3 heterocycles. The van der Waals surface area contributed by atoms with Crippen molar-refractivity contribution in [2.45, 2.75) is 44.8 Å². The van der Waals surface area contributed by atoms with Gasteiger partial charge in [0.1, 0.15) is 0 Å². The van der Waals surface area contributed by atoms with Gasteiger partial charge in [-0.25, -0.2) is 0 Å². The largest absolute Gasteiger partial charge is 0.354 e. The molecule has 4 bridgehead atoms. The summed E-state index contributed by atoms with van der Waals surface area (Å²) in [6.45, 7) is 6.84. The van der Waals surface area contributed by atoms with Crippen LogP contribution in [0, 0.1) is 23.7 Å². The van der Waals surface area contributed by atoms with Crippen LogP contribution in [0.3, 0.4) is 0 Å². The molecular weight excluding hydrogens is 382 g/mol.